The van der Waals surface area contributed by atoms with Crippen molar-refractivity contribution in [3.05, 3.63) is 76.3 Å². The lowest BCUT2D eigenvalue weighted by molar-refractivity contribution is -0.147. The molecular weight excluding hydrogens is 476 g/mol. The normalized spacial score (nSPS) is 12.7. The van der Waals surface area contributed by atoms with E-state index in [1.807, 2.05) is 18.2 Å². The van der Waals surface area contributed by atoms with Crippen LogP contribution in [-0.2, 0) is 14.3 Å². The molecule has 3 aromatic carbocycles. The first-order chi connectivity index (χ1) is 15.5. The smallest absolute Gasteiger partial charge is 0.306 e. The van der Waals surface area contributed by atoms with Crippen molar-refractivity contribution in [3.63, 3.8) is 0 Å². The molecule has 1 aliphatic rings. The molecule has 1 aliphatic heterocycles. The zero-order chi connectivity index (χ0) is 22.7. The van der Waals surface area contributed by atoms with Gasteiger partial charge in [-0.2, -0.15) is 0 Å². The average Bonchev–Trinajstić information content (AvgIpc) is 2.79. The molecule has 162 valence electrons. The topological polar surface area (TPSA) is 92.8 Å². The third kappa shape index (κ3) is 4.40. The van der Waals surface area contributed by atoms with Crippen LogP contribution < -0.4 is 5.32 Å². The monoisotopic (exact) mass is 494 g/mol. The number of esters is 1. The standard InChI is InChI=1S/C24H19BrN2O5/c25-18-10-1-2-11-19(18)26-20(28)14-32-21(29)12-5-13-27-23(30)16-8-3-6-15-7-4-9-17(22(15)16)24(27)31/h1-4,6-11H,5,12-14H2,(H,26,28). The minimum absolute atomic E-state index is 0.0226. The summed E-state index contributed by atoms with van der Waals surface area (Å²) in [4.78, 5) is 50.8. The summed E-state index contributed by atoms with van der Waals surface area (Å²) in [6.45, 7) is -0.336. The Hall–Kier alpha value is -3.52. The second-order valence-electron chi connectivity index (χ2n) is 7.26. The number of halogens is 1. The highest BCUT2D eigenvalue weighted by Gasteiger charge is 2.32. The number of nitrogens with one attached hydrogen (secondary N) is 1. The highest BCUT2D eigenvalue weighted by molar-refractivity contribution is 9.10. The van der Waals surface area contributed by atoms with Crippen LogP contribution in [0.25, 0.3) is 10.8 Å². The van der Waals surface area contributed by atoms with Crippen LogP contribution in [0.15, 0.2) is 65.1 Å². The van der Waals surface area contributed by atoms with E-state index in [9.17, 15) is 19.2 Å². The maximum Gasteiger partial charge on any atom is 0.306 e. The van der Waals surface area contributed by atoms with Crippen molar-refractivity contribution in [2.75, 3.05) is 18.5 Å². The van der Waals surface area contributed by atoms with E-state index in [-0.39, 0.29) is 31.2 Å². The number of benzene rings is 3. The number of nitrogens with zero attached hydrogens (tertiary/aromatic N) is 1. The Morgan fingerprint density at radius 3 is 2.22 bits per heavy atom. The predicted molar refractivity (Wildman–Crippen MR) is 122 cm³/mol. The summed E-state index contributed by atoms with van der Waals surface area (Å²) >= 11 is 3.32. The van der Waals surface area contributed by atoms with E-state index < -0.39 is 18.5 Å². The molecule has 3 amide bonds. The fourth-order valence-corrected chi connectivity index (χ4v) is 4.02. The van der Waals surface area contributed by atoms with Crippen molar-refractivity contribution in [3.8, 4) is 0 Å². The van der Waals surface area contributed by atoms with Gasteiger partial charge in [0.2, 0.25) is 0 Å². The minimum atomic E-state index is -0.577. The Bertz CT molecular complexity index is 1190. The van der Waals surface area contributed by atoms with Gasteiger partial charge in [-0.05, 0) is 52.0 Å². The van der Waals surface area contributed by atoms with Gasteiger partial charge < -0.3 is 10.1 Å². The molecule has 0 aromatic heterocycles. The Labute approximate surface area is 192 Å². The number of carbonyl (C=O) groups excluding carboxylic acids is 4. The van der Waals surface area contributed by atoms with Crippen LogP contribution in [-0.4, -0.2) is 41.7 Å². The Kier molecular flexibility index (Phi) is 6.32. The van der Waals surface area contributed by atoms with Gasteiger partial charge in [-0.25, -0.2) is 0 Å². The van der Waals surface area contributed by atoms with Gasteiger partial charge in [-0.1, -0.05) is 36.4 Å². The molecule has 0 unspecified atom stereocenters. The van der Waals surface area contributed by atoms with Crippen molar-refractivity contribution in [2.24, 2.45) is 0 Å². The zero-order valence-corrected chi connectivity index (χ0v) is 18.6. The van der Waals surface area contributed by atoms with E-state index >= 15 is 0 Å². The highest BCUT2D eigenvalue weighted by Crippen LogP contribution is 2.30. The number of carbonyl (C=O) groups is 4. The van der Waals surface area contributed by atoms with E-state index in [2.05, 4.69) is 21.2 Å². The lowest BCUT2D eigenvalue weighted by atomic mass is 9.94. The van der Waals surface area contributed by atoms with E-state index in [0.717, 1.165) is 10.3 Å². The minimum Gasteiger partial charge on any atom is -0.456 e. The summed E-state index contributed by atoms with van der Waals surface area (Å²) in [5, 5.41) is 4.15. The van der Waals surface area contributed by atoms with E-state index in [1.54, 1.807) is 42.5 Å². The van der Waals surface area contributed by atoms with Gasteiger partial charge in [0.1, 0.15) is 0 Å². The molecule has 8 heteroatoms. The molecule has 0 radical (unpaired) electrons. The number of para-hydroxylation sites is 1. The van der Waals surface area contributed by atoms with Crippen molar-refractivity contribution in [1.29, 1.82) is 0 Å². The second kappa shape index (κ2) is 9.32. The van der Waals surface area contributed by atoms with Crippen LogP contribution in [0.5, 0.6) is 0 Å². The van der Waals surface area contributed by atoms with Gasteiger partial charge in [0, 0.05) is 34.0 Å². The Morgan fingerprint density at radius 1 is 0.906 bits per heavy atom. The van der Waals surface area contributed by atoms with Gasteiger partial charge in [0.05, 0.1) is 5.69 Å². The number of rotatable bonds is 7. The third-order valence-electron chi connectivity index (χ3n) is 5.13. The van der Waals surface area contributed by atoms with Gasteiger partial charge in [0.25, 0.3) is 17.7 Å². The number of imide groups is 1. The van der Waals surface area contributed by atoms with Crippen molar-refractivity contribution in [1.82, 2.24) is 4.90 Å². The SMILES string of the molecule is O=C(COC(=O)CCCN1C(=O)c2cccc3cccc(c23)C1=O)Nc1ccccc1Br. The van der Waals surface area contributed by atoms with Gasteiger partial charge in [-0.15, -0.1) is 0 Å². The molecule has 4 rings (SSSR count). The first-order valence-electron chi connectivity index (χ1n) is 10.0. The first kappa shape index (κ1) is 21.7. The number of anilines is 1. The van der Waals surface area contributed by atoms with Crippen LogP contribution in [0.4, 0.5) is 5.69 Å². The Morgan fingerprint density at radius 2 is 1.56 bits per heavy atom. The maximum absolute atomic E-state index is 12.8. The first-order valence-corrected chi connectivity index (χ1v) is 10.8. The van der Waals surface area contributed by atoms with Crippen molar-refractivity contribution < 1.29 is 23.9 Å². The molecular formula is C24H19BrN2O5. The summed E-state index contributed by atoms with van der Waals surface area (Å²) in [5.41, 5.74) is 1.53. The summed E-state index contributed by atoms with van der Waals surface area (Å²) in [5.74, 6) is -1.79. The van der Waals surface area contributed by atoms with Crippen LogP contribution in [0.2, 0.25) is 0 Å². The molecule has 0 saturated heterocycles. The molecule has 0 fully saturated rings. The molecule has 3 aromatic rings. The molecule has 32 heavy (non-hydrogen) atoms. The quantitative estimate of drug-likeness (QED) is 0.393. The molecule has 7 nitrogen and oxygen atoms in total. The molecule has 0 aliphatic carbocycles. The molecule has 1 N–H and O–H groups in total. The fourth-order valence-electron chi connectivity index (χ4n) is 3.63. The van der Waals surface area contributed by atoms with Crippen molar-refractivity contribution in [2.45, 2.75) is 12.8 Å². The van der Waals surface area contributed by atoms with Crippen LogP contribution in [0.1, 0.15) is 33.6 Å². The van der Waals surface area contributed by atoms with Crippen LogP contribution in [0, 0.1) is 0 Å². The van der Waals surface area contributed by atoms with E-state index in [1.165, 1.54) is 0 Å². The van der Waals surface area contributed by atoms with Gasteiger partial charge in [0.15, 0.2) is 6.61 Å². The Balaban J connectivity index is 1.29. The van der Waals surface area contributed by atoms with E-state index in [0.29, 0.717) is 26.7 Å². The van der Waals surface area contributed by atoms with Crippen molar-refractivity contribution >= 4 is 56.1 Å². The molecule has 1 heterocycles. The number of hydrogen-bond donors (Lipinski definition) is 1. The summed E-state index contributed by atoms with van der Waals surface area (Å²) in [7, 11) is 0. The van der Waals surface area contributed by atoms with E-state index in [4.69, 9.17) is 4.74 Å². The zero-order valence-electron chi connectivity index (χ0n) is 17.0. The van der Waals surface area contributed by atoms with Gasteiger partial charge >= 0.3 is 5.97 Å². The summed E-state index contributed by atoms with van der Waals surface area (Å²) in [6, 6.07) is 17.8. The number of ether oxygens (including phenoxy) is 1. The van der Waals surface area contributed by atoms with Gasteiger partial charge in [-0.3, -0.25) is 24.1 Å². The number of amides is 3. The molecule has 0 bridgehead atoms. The van der Waals surface area contributed by atoms with Crippen LogP contribution in [0.3, 0.4) is 0 Å². The maximum atomic E-state index is 12.8. The van der Waals surface area contributed by atoms with Crippen LogP contribution >= 0.6 is 15.9 Å². The largest absolute Gasteiger partial charge is 0.456 e. The lowest BCUT2D eigenvalue weighted by Gasteiger charge is -2.27. The predicted octanol–water partition coefficient (Wildman–Crippen LogP) is 4.16. The number of hydrogen-bond acceptors (Lipinski definition) is 5. The third-order valence-corrected chi connectivity index (χ3v) is 5.82. The molecule has 0 saturated carbocycles. The molecule has 0 atom stereocenters. The highest BCUT2D eigenvalue weighted by atomic mass is 79.9. The average molecular weight is 495 g/mol. The molecule has 0 spiro atoms. The fraction of sp³-hybridized carbons (Fsp3) is 0.167. The summed E-state index contributed by atoms with van der Waals surface area (Å²) in [6.07, 6.45) is 0.214. The second-order valence-corrected chi connectivity index (χ2v) is 8.12. The lowest BCUT2D eigenvalue weighted by Crippen LogP contribution is -2.41. The summed E-state index contributed by atoms with van der Waals surface area (Å²) < 4.78 is 5.72.